The van der Waals surface area contributed by atoms with E-state index in [9.17, 15) is 4.79 Å². The van der Waals surface area contributed by atoms with E-state index < -0.39 is 6.04 Å². The molecule has 3 aromatic rings. The lowest BCUT2D eigenvalue weighted by molar-refractivity contribution is 0.252. The highest BCUT2D eigenvalue weighted by Crippen LogP contribution is 2.48. The molecule has 3 heterocycles. The predicted molar refractivity (Wildman–Crippen MR) is 139 cm³/mol. The van der Waals surface area contributed by atoms with Gasteiger partial charge in [0, 0.05) is 22.2 Å². The third kappa shape index (κ3) is 3.74. The van der Waals surface area contributed by atoms with Gasteiger partial charge < -0.3 is 14.2 Å². The van der Waals surface area contributed by atoms with Gasteiger partial charge in [0.25, 0.3) is 0 Å². The summed E-state index contributed by atoms with van der Waals surface area (Å²) in [6, 6.07) is 10.3. The summed E-state index contributed by atoms with van der Waals surface area (Å²) in [7, 11) is 4.73. The van der Waals surface area contributed by atoms with E-state index in [-0.39, 0.29) is 17.5 Å². The van der Waals surface area contributed by atoms with E-state index in [4.69, 9.17) is 35.9 Å². The quantitative estimate of drug-likeness (QED) is 0.517. The van der Waals surface area contributed by atoms with Crippen LogP contribution < -0.4 is 24.4 Å². The fraction of sp³-hybridized carbons (Fsp3) is 0.346. The number of carbonyl (C=O) groups excluding carboxylic acids is 1. The lowest BCUT2D eigenvalue weighted by Gasteiger charge is -2.34. The van der Waals surface area contributed by atoms with E-state index in [1.165, 1.54) is 0 Å². The first-order chi connectivity index (χ1) is 17.2. The molecule has 2 atom stereocenters. The molecule has 36 heavy (non-hydrogen) atoms. The van der Waals surface area contributed by atoms with Crippen molar-refractivity contribution in [1.82, 2.24) is 15.1 Å². The maximum Gasteiger partial charge on any atom is 0.328 e. The van der Waals surface area contributed by atoms with Crippen LogP contribution in [0.1, 0.15) is 37.8 Å². The van der Waals surface area contributed by atoms with Crippen LogP contribution in [0.15, 0.2) is 47.6 Å². The number of amidine groups is 1. The average molecular weight is 510 g/mol. The molecule has 1 fully saturated rings. The number of fused-ring (bicyclic) bond motifs is 2. The number of aliphatic imine (C=N–C) groups is 1. The first-order valence-corrected chi connectivity index (χ1v) is 11.9. The number of hydrogen-bond acceptors (Lipinski definition) is 6. The zero-order valence-corrected chi connectivity index (χ0v) is 21.8. The van der Waals surface area contributed by atoms with Crippen LogP contribution in [0.3, 0.4) is 0 Å². The summed E-state index contributed by atoms with van der Waals surface area (Å²) in [5, 5.41) is 8.27. The van der Waals surface area contributed by atoms with Gasteiger partial charge in [-0.25, -0.2) is 14.5 Å². The maximum absolute atomic E-state index is 13.3. The highest BCUT2D eigenvalue weighted by Gasteiger charge is 2.48. The Kier molecular flexibility index (Phi) is 5.83. The van der Waals surface area contributed by atoms with Gasteiger partial charge in [0.15, 0.2) is 17.3 Å². The predicted octanol–water partition coefficient (Wildman–Crippen LogP) is 5.09. The van der Waals surface area contributed by atoms with Gasteiger partial charge in [-0.05, 0) is 62.7 Å². The molecular formula is C26H28ClN5O4. The topological polar surface area (TPSA) is 90.2 Å². The van der Waals surface area contributed by atoms with Crippen molar-refractivity contribution in [3.63, 3.8) is 0 Å². The lowest BCUT2D eigenvalue weighted by atomic mass is 9.83. The Morgan fingerprint density at radius 2 is 1.64 bits per heavy atom. The number of hydrogen-bond donors (Lipinski definition) is 1. The van der Waals surface area contributed by atoms with Crippen LogP contribution in [-0.4, -0.2) is 49.0 Å². The summed E-state index contributed by atoms with van der Waals surface area (Å²) >= 11 is 6.13. The summed E-state index contributed by atoms with van der Waals surface area (Å²) in [4.78, 5) is 19.9. The van der Waals surface area contributed by atoms with Gasteiger partial charge in [-0.3, -0.25) is 10.2 Å². The number of anilines is 1. The van der Waals surface area contributed by atoms with Crippen molar-refractivity contribution in [1.29, 1.82) is 0 Å². The molecule has 1 saturated heterocycles. The monoisotopic (exact) mass is 509 g/mol. The van der Waals surface area contributed by atoms with Crippen molar-refractivity contribution in [3.8, 4) is 17.2 Å². The molecule has 2 aliphatic heterocycles. The molecule has 0 radical (unpaired) electrons. The molecule has 0 aliphatic carbocycles. The van der Waals surface area contributed by atoms with Gasteiger partial charge in [-0.1, -0.05) is 11.6 Å². The Hall–Kier alpha value is -3.72. The minimum atomic E-state index is -0.452. The van der Waals surface area contributed by atoms with Crippen LogP contribution in [0.25, 0.3) is 0 Å². The van der Waals surface area contributed by atoms with Gasteiger partial charge in [-0.2, -0.15) is 5.10 Å². The lowest BCUT2D eigenvalue weighted by Crippen LogP contribution is -2.42. The van der Waals surface area contributed by atoms with Crippen LogP contribution in [0.4, 0.5) is 16.3 Å². The highest BCUT2D eigenvalue weighted by atomic mass is 35.5. The summed E-state index contributed by atoms with van der Waals surface area (Å²) in [6.07, 6.45) is 1.83. The van der Waals surface area contributed by atoms with Crippen LogP contribution >= 0.6 is 11.6 Å². The van der Waals surface area contributed by atoms with E-state index in [1.54, 1.807) is 38.4 Å². The van der Waals surface area contributed by atoms with E-state index in [0.717, 1.165) is 11.1 Å². The molecule has 188 valence electrons. The third-order valence-corrected chi connectivity index (χ3v) is 6.70. The van der Waals surface area contributed by atoms with E-state index in [0.29, 0.717) is 39.6 Å². The minimum absolute atomic E-state index is 0.265. The Balaban J connectivity index is 1.76. The number of carbonyl (C=O) groups is 1. The van der Waals surface area contributed by atoms with Crippen molar-refractivity contribution >= 4 is 35.0 Å². The van der Waals surface area contributed by atoms with Crippen LogP contribution in [0, 0.1) is 0 Å². The Labute approximate surface area is 214 Å². The molecule has 0 bridgehead atoms. The molecule has 2 amide bonds. The number of nitrogens with one attached hydrogen (secondary N) is 1. The molecule has 1 N–H and O–H groups in total. The fourth-order valence-corrected chi connectivity index (χ4v) is 5.00. The van der Waals surface area contributed by atoms with Gasteiger partial charge >= 0.3 is 6.03 Å². The van der Waals surface area contributed by atoms with E-state index >= 15 is 0 Å². The number of amides is 2. The molecule has 0 unspecified atom stereocenters. The van der Waals surface area contributed by atoms with Crippen molar-refractivity contribution in [2.24, 2.45) is 4.99 Å². The fourth-order valence-electron chi connectivity index (χ4n) is 4.88. The number of ether oxygens (including phenoxy) is 3. The number of methoxy groups -OCH3 is 3. The first-order valence-electron chi connectivity index (χ1n) is 11.5. The number of halogens is 1. The number of rotatable bonds is 5. The summed E-state index contributed by atoms with van der Waals surface area (Å²) in [5.74, 6) is 2.46. The van der Waals surface area contributed by atoms with E-state index in [1.807, 2.05) is 35.1 Å². The minimum Gasteiger partial charge on any atom is -0.493 e. The number of aromatic nitrogens is 2. The molecule has 2 aromatic carbocycles. The highest BCUT2D eigenvalue weighted by molar-refractivity contribution is 6.30. The largest absolute Gasteiger partial charge is 0.493 e. The molecule has 0 spiro atoms. The van der Waals surface area contributed by atoms with E-state index in [2.05, 4.69) is 26.1 Å². The Bertz CT molecular complexity index is 1330. The number of benzene rings is 2. The molecule has 10 heteroatoms. The number of nitrogens with zero attached hydrogens (tertiary/aromatic N) is 4. The van der Waals surface area contributed by atoms with Gasteiger partial charge in [0.2, 0.25) is 5.75 Å². The zero-order chi connectivity index (χ0) is 25.8. The van der Waals surface area contributed by atoms with Crippen molar-refractivity contribution < 1.29 is 19.0 Å². The zero-order valence-electron chi connectivity index (χ0n) is 21.0. The van der Waals surface area contributed by atoms with Crippen molar-refractivity contribution in [3.05, 3.63) is 58.7 Å². The number of urea groups is 1. The van der Waals surface area contributed by atoms with Gasteiger partial charge in [0.1, 0.15) is 11.9 Å². The SMILES string of the molecule is COc1cc([C@@H]2c3cnn(C(C)(C)C)c3N=C3NC(=O)N(c4ccc(Cl)cc4)[C@@H]32)cc(OC)c1OC. The summed E-state index contributed by atoms with van der Waals surface area (Å²) in [6.45, 7) is 6.19. The molecule has 0 saturated carbocycles. The smallest absolute Gasteiger partial charge is 0.328 e. The van der Waals surface area contributed by atoms with Crippen molar-refractivity contribution in [2.45, 2.75) is 38.3 Å². The second kappa shape index (κ2) is 8.74. The first kappa shape index (κ1) is 24.0. The van der Waals surface area contributed by atoms with Gasteiger partial charge in [0.05, 0.1) is 33.1 Å². The molecule has 2 aliphatic rings. The van der Waals surface area contributed by atoms with Crippen LogP contribution in [0.2, 0.25) is 5.02 Å². The van der Waals surface area contributed by atoms with Crippen molar-refractivity contribution in [2.75, 3.05) is 26.2 Å². The van der Waals surface area contributed by atoms with Crippen LogP contribution in [-0.2, 0) is 5.54 Å². The Morgan fingerprint density at radius 3 is 2.19 bits per heavy atom. The molecular weight excluding hydrogens is 482 g/mol. The second-order valence-corrected chi connectivity index (χ2v) is 10.1. The average Bonchev–Trinajstić information content (AvgIpc) is 3.42. The maximum atomic E-state index is 13.3. The summed E-state index contributed by atoms with van der Waals surface area (Å²) in [5.41, 5.74) is 2.15. The van der Waals surface area contributed by atoms with Gasteiger partial charge in [-0.15, -0.1) is 0 Å². The molecule has 5 rings (SSSR count). The van der Waals surface area contributed by atoms with Crippen LogP contribution in [0.5, 0.6) is 17.2 Å². The third-order valence-electron chi connectivity index (χ3n) is 6.45. The standard InChI is InChI=1S/C26H28ClN5O4/c1-26(2,3)32-24-17(13-28-32)20(14-11-18(34-4)22(36-6)19(12-14)35-5)21-23(29-24)30-25(33)31(21)16-9-7-15(27)8-10-16/h7-13,20-21H,1-6H3,(H,29,30,33)/t20-,21-/m1/s1. The Morgan fingerprint density at radius 1 is 1.00 bits per heavy atom. The normalized spacial score (nSPS) is 18.8. The second-order valence-electron chi connectivity index (χ2n) is 9.66. The molecule has 9 nitrogen and oxygen atoms in total. The summed E-state index contributed by atoms with van der Waals surface area (Å²) < 4.78 is 18.7. The molecule has 1 aromatic heterocycles.